The van der Waals surface area contributed by atoms with Crippen molar-refractivity contribution in [2.45, 2.75) is 5.37 Å². The Morgan fingerprint density at radius 1 is 1.12 bits per heavy atom. The molecule has 0 aliphatic carbocycles. The average molecular weight is 368 g/mol. The van der Waals surface area contributed by atoms with Crippen molar-refractivity contribution >= 4 is 23.2 Å². The number of hydrogen-bond acceptors (Lipinski definition) is 4. The summed E-state index contributed by atoms with van der Waals surface area (Å²) in [6, 6.07) is 13.7. The molecule has 0 N–H and O–H groups in total. The minimum Gasteiger partial charge on any atom is -0.493 e. The number of methoxy groups -OCH3 is 2. The van der Waals surface area contributed by atoms with Crippen LogP contribution in [0.25, 0.3) is 5.52 Å². The molecular formula is C20H20N2O3S. The van der Waals surface area contributed by atoms with Gasteiger partial charge in [0.05, 0.1) is 19.8 Å². The van der Waals surface area contributed by atoms with Crippen molar-refractivity contribution < 1.29 is 14.3 Å². The average Bonchev–Trinajstić information content (AvgIpc) is 3.33. The van der Waals surface area contributed by atoms with Crippen LogP contribution in [-0.4, -0.2) is 41.7 Å². The van der Waals surface area contributed by atoms with Crippen LogP contribution < -0.4 is 9.47 Å². The molecule has 1 aromatic carbocycles. The Balaban J connectivity index is 1.64. The summed E-state index contributed by atoms with van der Waals surface area (Å²) in [4.78, 5) is 15.1. The predicted octanol–water partition coefficient (Wildman–Crippen LogP) is 3.84. The number of fused-ring (bicyclic) bond motifs is 1. The lowest BCUT2D eigenvalue weighted by Crippen LogP contribution is -2.30. The number of aromatic nitrogens is 1. The lowest BCUT2D eigenvalue weighted by Gasteiger charge is -2.24. The van der Waals surface area contributed by atoms with Crippen LogP contribution >= 0.6 is 11.8 Å². The number of ether oxygens (including phenoxy) is 2. The first kappa shape index (κ1) is 16.8. The zero-order valence-electron chi connectivity index (χ0n) is 14.7. The van der Waals surface area contributed by atoms with Crippen molar-refractivity contribution in [1.82, 2.24) is 9.30 Å². The number of hydrogen-bond donors (Lipinski definition) is 0. The maximum absolute atomic E-state index is 13.1. The third kappa shape index (κ3) is 2.90. The SMILES string of the molecule is COc1ccc(C2SCCN2C(=O)c2cc3ccccn3c2)cc1OC. The lowest BCUT2D eigenvalue weighted by molar-refractivity contribution is 0.0760. The molecule has 1 aliphatic rings. The van der Waals surface area contributed by atoms with E-state index in [9.17, 15) is 4.79 Å². The van der Waals surface area contributed by atoms with Gasteiger partial charge < -0.3 is 18.8 Å². The third-order valence-electron chi connectivity index (χ3n) is 4.60. The van der Waals surface area contributed by atoms with Gasteiger partial charge in [0.1, 0.15) is 5.37 Å². The molecule has 6 heteroatoms. The van der Waals surface area contributed by atoms with Crippen LogP contribution in [0.1, 0.15) is 21.3 Å². The molecule has 134 valence electrons. The maximum Gasteiger partial charge on any atom is 0.256 e. The first-order chi connectivity index (χ1) is 12.7. The summed E-state index contributed by atoms with van der Waals surface area (Å²) < 4.78 is 12.7. The van der Waals surface area contributed by atoms with Crippen LogP contribution in [0, 0.1) is 0 Å². The van der Waals surface area contributed by atoms with E-state index in [0.29, 0.717) is 17.1 Å². The highest BCUT2D eigenvalue weighted by atomic mass is 32.2. The molecule has 3 aromatic rings. The van der Waals surface area contributed by atoms with Gasteiger partial charge in [0, 0.05) is 30.2 Å². The zero-order valence-corrected chi connectivity index (χ0v) is 15.5. The molecule has 4 rings (SSSR count). The summed E-state index contributed by atoms with van der Waals surface area (Å²) in [5.74, 6) is 2.34. The number of benzene rings is 1. The number of carbonyl (C=O) groups excluding carboxylic acids is 1. The first-order valence-corrected chi connectivity index (χ1v) is 9.47. The molecule has 26 heavy (non-hydrogen) atoms. The number of pyridine rings is 1. The van der Waals surface area contributed by atoms with Crippen molar-refractivity contribution in [1.29, 1.82) is 0 Å². The second-order valence-corrected chi connectivity index (χ2v) is 7.29. The van der Waals surface area contributed by atoms with E-state index in [1.54, 1.807) is 26.0 Å². The van der Waals surface area contributed by atoms with Gasteiger partial charge in [0.15, 0.2) is 11.5 Å². The van der Waals surface area contributed by atoms with E-state index in [2.05, 4.69) is 0 Å². The molecule has 0 spiro atoms. The van der Waals surface area contributed by atoms with Gasteiger partial charge in [-0.1, -0.05) is 12.1 Å². The first-order valence-electron chi connectivity index (χ1n) is 8.42. The van der Waals surface area contributed by atoms with E-state index < -0.39 is 0 Å². The number of rotatable bonds is 4. The van der Waals surface area contributed by atoms with Gasteiger partial charge in [-0.15, -0.1) is 11.8 Å². The molecule has 2 aromatic heterocycles. The number of thioether (sulfide) groups is 1. The Hall–Kier alpha value is -2.60. The van der Waals surface area contributed by atoms with Crippen LogP contribution in [0.2, 0.25) is 0 Å². The summed E-state index contributed by atoms with van der Waals surface area (Å²) in [5.41, 5.74) is 2.77. The summed E-state index contributed by atoms with van der Waals surface area (Å²) in [5, 5.41) is -0.0229. The zero-order chi connectivity index (χ0) is 18.1. The Labute approximate surface area is 156 Å². The smallest absolute Gasteiger partial charge is 0.256 e. The standard InChI is InChI=1S/C20H20N2O3S/c1-24-17-7-6-14(12-18(17)25-2)20-22(9-10-26-20)19(23)15-11-16-5-3-4-8-21(16)13-15/h3-8,11-13,20H,9-10H2,1-2H3. The topological polar surface area (TPSA) is 43.2 Å². The van der Waals surface area contributed by atoms with E-state index in [-0.39, 0.29) is 11.3 Å². The van der Waals surface area contributed by atoms with Crippen molar-refractivity contribution in [3.05, 3.63) is 66.0 Å². The molecule has 1 atom stereocenters. The largest absolute Gasteiger partial charge is 0.493 e. The second kappa shape index (κ2) is 6.96. The van der Waals surface area contributed by atoms with Gasteiger partial charge in [0.25, 0.3) is 5.91 Å². The highest BCUT2D eigenvalue weighted by Crippen LogP contribution is 2.41. The molecule has 1 fully saturated rings. The molecule has 5 nitrogen and oxygen atoms in total. The molecular weight excluding hydrogens is 348 g/mol. The van der Waals surface area contributed by atoms with E-state index in [4.69, 9.17) is 9.47 Å². The number of amides is 1. The highest BCUT2D eigenvalue weighted by molar-refractivity contribution is 7.99. The second-order valence-electron chi connectivity index (χ2n) is 6.10. The van der Waals surface area contributed by atoms with Crippen LogP contribution in [-0.2, 0) is 0 Å². The van der Waals surface area contributed by atoms with Gasteiger partial charge in [-0.3, -0.25) is 4.79 Å². The summed E-state index contributed by atoms with van der Waals surface area (Å²) in [6.45, 7) is 0.731. The minimum absolute atomic E-state index is 0.0229. The Bertz CT molecular complexity index is 920. The maximum atomic E-state index is 13.1. The van der Waals surface area contributed by atoms with E-state index in [1.807, 2.05) is 64.2 Å². The molecule has 1 saturated heterocycles. The van der Waals surface area contributed by atoms with Crippen molar-refractivity contribution in [3.63, 3.8) is 0 Å². The Kier molecular flexibility index (Phi) is 4.51. The normalized spacial score (nSPS) is 16.8. The third-order valence-corrected chi connectivity index (χ3v) is 5.86. The van der Waals surface area contributed by atoms with Crippen molar-refractivity contribution in [2.24, 2.45) is 0 Å². The van der Waals surface area contributed by atoms with Crippen LogP contribution in [0.4, 0.5) is 0 Å². The quantitative estimate of drug-likeness (QED) is 0.702. The van der Waals surface area contributed by atoms with Gasteiger partial charge in [-0.2, -0.15) is 0 Å². The van der Waals surface area contributed by atoms with Gasteiger partial charge in [0.2, 0.25) is 0 Å². The number of nitrogens with zero attached hydrogens (tertiary/aromatic N) is 2. The summed E-state index contributed by atoms with van der Waals surface area (Å²) in [6.07, 6.45) is 3.85. The molecule has 0 bridgehead atoms. The lowest BCUT2D eigenvalue weighted by atomic mass is 10.1. The fourth-order valence-corrected chi connectivity index (χ4v) is 4.54. The van der Waals surface area contributed by atoms with E-state index in [0.717, 1.165) is 23.4 Å². The van der Waals surface area contributed by atoms with Gasteiger partial charge >= 0.3 is 0 Å². The molecule has 3 heterocycles. The molecule has 0 radical (unpaired) electrons. The van der Waals surface area contributed by atoms with Crippen LogP contribution in [0.15, 0.2) is 54.9 Å². The molecule has 1 aliphatic heterocycles. The van der Waals surface area contributed by atoms with E-state index in [1.165, 1.54) is 0 Å². The summed E-state index contributed by atoms with van der Waals surface area (Å²) in [7, 11) is 3.24. The fraction of sp³-hybridized carbons (Fsp3) is 0.250. The van der Waals surface area contributed by atoms with Crippen molar-refractivity contribution in [2.75, 3.05) is 26.5 Å². The van der Waals surface area contributed by atoms with Crippen LogP contribution in [0.5, 0.6) is 11.5 Å². The highest BCUT2D eigenvalue weighted by Gasteiger charge is 2.32. The van der Waals surface area contributed by atoms with Gasteiger partial charge in [-0.05, 0) is 35.9 Å². The van der Waals surface area contributed by atoms with Crippen molar-refractivity contribution in [3.8, 4) is 11.5 Å². The fourth-order valence-electron chi connectivity index (χ4n) is 3.30. The predicted molar refractivity (Wildman–Crippen MR) is 103 cm³/mol. The summed E-state index contributed by atoms with van der Waals surface area (Å²) >= 11 is 1.77. The molecule has 1 amide bonds. The minimum atomic E-state index is -0.0229. The monoisotopic (exact) mass is 368 g/mol. The molecule has 0 saturated carbocycles. The Morgan fingerprint density at radius 3 is 2.73 bits per heavy atom. The Morgan fingerprint density at radius 2 is 1.96 bits per heavy atom. The number of carbonyl (C=O) groups is 1. The van der Waals surface area contributed by atoms with Gasteiger partial charge in [-0.25, -0.2) is 0 Å². The van der Waals surface area contributed by atoms with Crippen LogP contribution in [0.3, 0.4) is 0 Å². The molecule has 1 unspecified atom stereocenters. The van der Waals surface area contributed by atoms with E-state index >= 15 is 0 Å².